The van der Waals surface area contributed by atoms with Crippen molar-refractivity contribution in [1.29, 1.82) is 0 Å². The summed E-state index contributed by atoms with van der Waals surface area (Å²) in [6, 6.07) is 101. The molecule has 10 heteroatoms. The Balaban J connectivity index is 0.000000141. The molecule has 0 heterocycles. The third-order valence-electron chi connectivity index (χ3n) is 25.8. The summed E-state index contributed by atoms with van der Waals surface area (Å²) in [4.78, 5) is 60.2. The topological polar surface area (TPSA) is 132 Å². The predicted molar refractivity (Wildman–Crippen MR) is 526 cm³/mol. The number of benzene rings is 13. The summed E-state index contributed by atoms with van der Waals surface area (Å²) in [5.41, 5.74) is 22.6. The average molecular weight is 1720 g/mol. The van der Waals surface area contributed by atoms with E-state index in [1.807, 2.05) is 151 Å². The van der Waals surface area contributed by atoms with Gasteiger partial charge < -0.3 is 23.7 Å². The number of aryl methyl sites for hydroxylation is 9. The minimum atomic E-state index is -0.436. The molecule has 129 heavy (non-hydrogen) atoms. The van der Waals surface area contributed by atoms with Crippen molar-refractivity contribution in [3.05, 3.63) is 410 Å². The van der Waals surface area contributed by atoms with Crippen molar-refractivity contribution in [3.63, 3.8) is 0 Å². The summed E-state index contributed by atoms with van der Waals surface area (Å²) < 4.78 is 26.8. The van der Waals surface area contributed by atoms with Gasteiger partial charge >= 0.3 is 29.8 Å². The molecule has 4 aliphatic carbocycles. The van der Waals surface area contributed by atoms with Crippen LogP contribution in [0.3, 0.4) is 0 Å². The fraction of sp³-hybridized carbons (Fsp3) is 0.303. The van der Waals surface area contributed by atoms with Crippen molar-refractivity contribution >= 4 is 29.8 Å². The number of rotatable bonds is 16. The summed E-state index contributed by atoms with van der Waals surface area (Å²) in [6.45, 7) is 25.4. The maximum Gasteiger partial charge on any atom is 0.343 e. The first-order valence-corrected chi connectivity index (χ1v) is 46.5. The molecule has 0 amide bonds. The quantitative estimate of drug-likeness (QED) is 0.0680. The number of carbonyl (C=O) groups excluding carboxylic acids is 5. The fourth-order valence-corrected chi connectivity index (χ4v) is 17.1. The largest absolute Gasteiger partial charge is 0.423 e. The lowest BCUT2D eigenvalue weighted by atomic mass is 9.68. The van der Waals surface area contributed by atoms with E-state index in [1.54, 1.807) is 103 Å². The smallest absolute Gasteiger partial charge is 0.343 e. The van der Waals surface area contributed by atoms with E-state index in [9.17, 15) is 24.0 Å². The minimum absolute atomic E-state index is 0.302. The normalized spacial score (nSPS) is 17.9. The van der Waals surface area contributed by atoms with Gasteiger partial charge in [-0.25, -0.2) is 24.0 Å². The molecule has 10 nitrogen and oxygen atoms in total. The van der Waals surface area contributed by atoms with Gasteiger partial charge in [-0.05, 0) is 334 Å². The Kier molecular flexibility index (Phi) is 35.4. The van der Waals surface area contributed by atoms with Gasteiger partial charge in [-0.1, -0.05) is 303 Å². The van der Waals surface area contributed by atoms with Crippen LogP contribution in [-0.2, 0) is 0 Å². The van der Waals surface area contributed by atoms with E-state index in [2.05, 4.69) is 151 Å². The van der Waals surface area contributed by atoms with Crippen molar-refractivity contribution in [1.82, 2.24) is 0 Å². The molecule has 0 N–H and O–H groups in total. The Hall–Kier alpha value is -12.8. The lowest BCUT2D eigenvalue weighted by Gasteiger charge is -2.37. The standard InChI is InChI=1S/C22H18O4.C21H24O2.C21H18O2.C20H30.C20H24.C15H14O2/c1-15-3-7-17(8-4-15)21(23)25-19-11-13-20(14-12-19)26-22(24)18-9-5-16(2)6-10-18;2*1-15-3-7-17(8-4-15)18-11-13-20(14-12-18)23-21(22)19-9-5-16(2)6-10-19;2*1-15-3-7-17(8-4-15)19-11-13-20(14-12-19)18-9-5-16(2)6-10-18;1-11-3-7-13(8-4-11)15(16)17-14-9-5-12(2)6-10-14/h3-14H,1-2H3;5-6,9-15,17H,3-4,7-8H2,1-2H3;3-14H,1-2H3;3-4,7-8,16,18-20H,5-6,9-14H2,1-2H3;3-4,7-8,11-14,16,18H,5-6,9-10H2,1-2H3;3-10H,1-2H3. The molecule has 13 aromatic rings. The van der Waals surface area contributed by atoms with Crippen molar-refractivity contribution in [2.75, 3.05) is 0 Å². The van der Waals surface area contributed by atoms with Gasteiger partial charge in [0.2, 0.25) is 0 Å². The average Bonchev–Trinajstić information content (AvgIpc) is 0.837. The molecule has 664 valence electrons. The molecular formula is C119H128O10. The Labute approximate surface area is 766 Å². The molecule has 0 unspecified atom stereocenters. The molecule has 0 aliphatic heterocycles. The van der Waals surface area contributed by atoms with Crippen LogP contribution >= 0.6 is 0 Å². The first kappa shape index (κ1) is 95.3. The van der Waals surface area contributed by atoms with Gasteiger partial charge in [0.05, 0.1) is 27.8 Å². The third kappa shape index (κ3) is 30.2. The van der Waals surface area contributed by atoms with Gasteiger partial charge in [-0.15, -0.1) is 0 Å². The van der Waals surface area contributed by atoms with E-state index in [1.165, 1.54) is 142 Å². The highest BCUT2D eigenvalue weighted by molar-refractivity contribution is 5.94. The number of hydrogen-bond acceptors (Lipinski definition) is 10. The highest BCUT2D eigenvalue weighted by Gasteiger charge is 2.31. The SMILES string of the molecule is Cc1ccc(-c2ccc(C3CCC(C)CC3)cc2)cc1.Cc1ccc(C(=O)Oc2ccc(-c3ccc(C)cc3)cc2)cc1.Cc1ccc(C(=O)Oc2ccc(C3CCC(C)CC3)cc2)cc1.Cc1ccc(C(=O)Oc2ccc(OC(=O)c3ccc(C)cc3)cc2)cc1.Cc1ccc(C2CCC(C3CCC(C)CC3)CC2)cc1.Cc1ccc(OC(=O)c2ccc(C)cc2)cc1. The van der Waals surface area contributed by atoms with Gasteiger partial charge in [0, 0.05) is 0 Å². The van der Waals surface area contributed by atoms with Gasteiger partial charge in [-0.3, -0.25) is 0 Å². The van der Waals surface area contributed by atoms with E-state index in [0.29, 0.717) is 62.5 Å². The van der Waals surface area contributed by atoms with Crippen LogP contribution in [0.25, 0.3) is 22.3 Å². The van der Waals surface area contributed by atoms with E-state index in [0.717, 1.165) is 85.9 Å². The Morgan fingerprint density at radius 2 is 0.318 bits per heavy atom. The second-order valence-corrected chi connectivity index (χ2v) is 36.5. The van der Waals surface area contributed by atoms with Crippen molar-refractivity contribution in [2.45, 2.75) is 204 Å². The summed E-state index contributed by atoms with van der Waals surface area (Å²) in [6.07, 6.45) is 22.5. The predicted octanol–water partition coefficient (Wildman–Crippen LogP) is 31.0. The van der Waals surface area contributed by atoms with E-state index in [4.69, 9.17) is 23.7 Å². The third-order valence-corrected chi connectivity index (χ3v) is 25.8. The van der Waals surface area contributed by atoms with E-state index < -0.39 is 11.9 Å². The fourth-order valence-electron chi connectivity index (χ4n) is 17.1. The van der Waals surface area contributed by atoms with Gasteiger partial charge in [0.1, 0.15) is 28.7 Å². The zero-order valence-electron chi connectivity index (χ0n) is 77.5. The van der Waals surface area contributed by atoms with E-state index in [-0.39, 0.29) is 17.9 Å². The van der Waals surface area contributed by atoms with Crippen LogP contribution in [0.15, 0.2) is 315 Å². The van der Waals surface area contributed by atoms with Crippen LogP contribution in [0.4, 0.5) is 0 Å². The maximum absolute atomic E-state index is 12.1. The number of ether oxygens (including phenoxy) is 5. The van der Waals surface area contributed by atoms with Crippen molar-refractivity contribution < 1.29 is 47.7 Å². The maximum atomic E-state index is 12.1. The Morgan fingerprint density at radius 1 is 0.178 bits per heavy atom. The van der Waals surface area contributed by atoms with E-state index >= 15 is 0 Å². The minimum Gasteiger partial charge on any atom is -0.423 e. The highest BCUT2D eigenvalue weighted by atomic mass is 16.6. The van der Waals surface area contributed by atoms with Gasteiger partial charge in [0.25, 0.3) is 0 Å². The van der Waals surface area contributed by atoms with Crippen LogP contribution in [0.2, 0.25) is 0 Å². The summed E-state index contributed by atoms with van der Waals surface area (Å²) in [7, 11) is 0. The van der Waals surface area contributed by atoms with Crippen molar-refractivity contribution in [2.24, 2.45) is 29.6 Å². The molecule has 0 atom stereocenters. The zero-order chi connectivity index (χ0) is 91.1. The Bertz CT molecular complexity index is 5560. The lowest BCUT2D eigenvalue weighted by molar-refractivity contribution is 0.0719. The molecule has 4 saturated carbocycles. The summed E-state index contributed by atoms with van der Waals surface area (Å²) >= 11 is 0. The summed E-state index contributed by atoms with van der Waals surface area (Å²) in [5, 5.41) is 0. The molecule has 0 saturated heterocycles. The number of esters is 5. The molecule has 0 radical (unpaired) electrons. The van der Waals surface area contributed by atoms with Crippen molar-refractivity contribution in [3.8, 4) is 51.0 Å². The van der Waals surface area contributed by atoms with Gasteiger partial charge in [0.15, 0.2) is 0 Å². The van der Waals surface area contributed by atoms with Crippen LogP contribution in [0.5, 0.6) is 28.7 Å². The monoisotopic (exact) mass is 1720 g/mol. The molecule has 0 aromatic heterocycles. The Morgan fingerprint density at radius 3 is 0.558 bits per heavy atom. The molecule has 0 spiro atoms. The highest BCUT2D eigenvalue weighted by Crippen LogP contribution is 2.45. The molecule has 4 aliphatic rings. The number of hydrogen-bond donors (Lipinski definition) is 0. The summed E-state index contributed by atoms with van der Waals surface area (Å²) in [5.74, 6) is 7.84. The van der Waals surface area contributed by atoms with Crippen LogP contribution in [0, 0.1) is 91.9 Å². The molecule has 13 aromatic carbocycles. The molecule has 17 rings (SSSR count). The molecule has 0 bridgehead atoms. The lowest BCUT2D eigenvalue weighted by Crippen LogP contribution is -2.24. The van der Waals surface area contributed by atoms with Crippen LogP contribution in [0.1, 0.15) is 260 Å². The number of carbonyl (C=O) groups is 5. The molecule has 4 fully saturated rings. The molecular weight excluding hydrogens is 1590 g/mol. The second kappa shape index (κ2) is 47.9. The zero-order valence-corrected chi connectivity index (χ0v) is 77.5. The van der Waals surface area contributed by atoms with Crippen LogP contribution in [-0.4, -0.2) is 29.8 Å². The van der Waals surface area contributed by atoms with Crippen LogP contribution < -0.4 is 23.7 Å². The first-order valence-electron chi connectivity index (χ1n) is 46.5. The van der Waals surface area contributed by atoms with Gasteiger partial charge in [-0.2, -0.15) is 0 Å². The first-order chi connectivity index (χ1) is 62.3. The second-order valence-electron chi connectivity index (χ2n) is 36.5.